The molecular formula is C21H20N2O3. The number of benzene rings is 2. The molecule has 5 heteroatoms. The number of oxazole rings is 1. The smallest absolute Gasteiger partial charge is 0.394 e. The number of carbonyl (C=O) groups is 1. The molecule has 0 fully saturated rings. The summed E-state index contributed by atoms with van der Waals surface area (Å²) in [6, 6.07) is 14.9. The minimum atomic E-state index is -0.530. The van der Waals surface area contributed by atoms with Crippen molar-refractivity contribution in [3.05, 3.63) is 53.9 Å². The molecule has 0 aliphatic carbocycles. The molecule has 0 bridgehead atoms. The van der Waals surface area contributed by atoms with E-state index in [-0.39, 0.29) is 5.89 Å². The standard InChI is InChI=1S/C21H20N2O3/c1-2-3-4-5-12-25-21(24)20-23-18-13-17(10-11-19(18)26-20)16-8-6-15(14-22)7-9-16/h6-11,13H,2-5,12H2,1H3. The average molecular weight is 348 g/mol. The van der Waals surface area contributed by atoms with E-state index in [9.17, 15) is 4.79 Å². The SMILES string of the molecule is CCCCCCOC(=O)c1nc2cc(-c3ccc(C#N)cc3)ccc2o1. The molecule has 1 heterocycles. The van der Waals surface area contributed by atoms with Crippen LogP contribution in [0.15, 0.2) is 46.9 Å². The summed E-state index contributed by atoms with van der Waals surface area (Å²) in [5, 5.41) is 8.88. The first-order valence-electron chi connectivity index (χ1n) is 8.79. The van der Waals surface area contributed by atoms with Gasteiger partial charge in [-0.05, 0) is 41.8 Å². The molecule has 0 saturated carbocycles. The highest BCUT2D eigenvalue weighted by molar-refractivity contribution is 5.89. The third kappa shape index (κ3) is 4.09. The number of carbonyl (C=O) groups excluding carboxylic acids is 1. The Kier molecular flexibility index (Phi) is 5.65. The Bertz CT molecular complexity index is 936. The van der Waals surface area contributed by atoms with E-state index in [0.717, 1.165) is 36.8 Å². The molecular weight excluding hydrogens is 328 g/mol. The lowest BCUT2D eigenvalue weighted by Crippen LogP contribution is -2.06. The second-order valence-electron chi connectivity index (χ2n) is 6.09. The quantitative estimate of drug-likeness (QED) is 0.438. The van der Waals surface area contributed by atoms with Gasteiger partial charge in [0, 0.05) is 0 Å². The molecule has 0 atom stereocenters. The normalized spacial score (nSPS) is 10.6. The highest BCUT2D eigenvalue weighted by Gasteiger charge is 2.16. The summed E-state index contributed by atoms with van der Waals surface area (Å²) in [6.45, 7) is 2.52. The topological polar surface area (TPSA) is 76.1 Å². The van der Waals surface area contributed by atoms with Crippen molar-refractivity contribution in [2.75, 3.05) is 6.61 Å². The van der Waals surface area contributed by atoms with Gasteiger partial charge in [-0.15, -0.1) is 0 Å². The zero-order valence-electron chi connectivity index (χ0n) is 14.7. The lowest BCUT2D eigenvalue weighted by Gasteiger charge is -2.00. The van der Waals surface area contributed by atoms with Crippen LogP contribution in [0.5, 0.6) is 0 Å². The molecule has 0 saturated heterocycles. The van der Waals surface area contributed by atoms with Crippen LogP contribution in [0.1, 0.15) is 48.9 Å². The number of unbranched alkanes of at least 4 members (excludes halogenated alkanes) is 3. The van der Waals surface area contributed by atoms with E-state index in [1.807, 2.05) is 24.3 Å². The largest absolute Gasteiger partial charge is 0.459 e. The highest BCUT2D eigenvalue weighted by Crippen LogP contribution is 2.25. The van der Waals surface area contributed by atoms with Crippen LogP contribution in [0.2, 0.25) is 0 Å². The van der Waals surface area contributed by atoms with Gasteiger partial charge in [0.2, 0.25) is 0 Å². The molecule has 0 aliphatic rings. The molecule has 0 spiro atoms. The van der Waals surface area contributed by atoms with Crippen molar-refractivity contribution in [3.63, 3.8) is 0 Å². The summed E-state index contributed by atoms with van der Waals surface area (Å²) < 4.78 is 10.7. The fourth-order valence-corrected chi connectivity index (χ4v) is 2.69. The van der Waals surface area contributed by atoms with Crippen molar-refractivity contribution in [1.29, 1.82) is 5.26 Å². The van der Waals surface area contributed by atoms with Gasteiger partial charge in [0.05, 0.1) is 18.2 Å². The summed E-state index contributed by atoms with van der Waals surface area (Å²) in [5.74, 6) is -0.551. The number of fused-ring (bicyclic) bond motifs is 1. The van der Waals surface area contributed by atoms with Gasteiger partial charge in [0.1, 0.15) is 5.52 Å². The molecule has 0 amide bonds. The highest BCUT2D eigenvalue weighted by atomic mass is 16.5. The predicted molar refractivity (Wildman–Crippen MR) is 98.6 cm³/mol. The van der Waals surface area contributed by atoms with Crippen molar-refractivity contribution in [1.82, 2.24) is 4.98 Å². The maximum atomic E-state index is 12.1. The van der Waals surface area contributed by atoms with Gasteiger partial charge in [-0.2, -0.15) is 5.26 Å². The number of nitriles is 1. The summed E-state index contributed by atoms with van der Waals surface area (Å²) in [5.41, 5.74) is 3.66. The van der Waals surface area contributed by atoms with Crippen LogP contribution in [-0.4, -0.2) is 17.6 Å². The monoisotopic (exact) mass is 348 g/mol. The number of nitrogens with zero attached hydrogens (tertiary/aromatic N) is 2. The average Bonchev–Trinajstić information content (AvgIpc) is 3.11. The van der Waals surface area contributed by atoms with Crippen LogP contribution in [0.3, 0.4) is 0 Å². The van der Waals surface area contributed by atoms with E-state index < -0.39 is 5.97 Å². The summed E-state index contributed by atoms with van der Waals surface area (Å²) in [7, 11) is 0. The van der Waals surface area contributed by atoms with E-state index >= 15 is 0 Å². The first-order chi connectivity index (χ1) is 12.7. The van der Waals surface area contributed by atoms with Crippen molar-refractivity contribution >= 4 is 17.1 Å². The van der Waals surface area contributed by atoms with Crippen LogP contribution in [0, 0.1) is 11.3 Å². The Labute approximate surface area is 152 Å². The zero-order chi connectivity index (χ0) is 18.4. The first-order valence-corrected chi connectivity index (χ1v) is 8.79. The molecule has 3 rings (SSSR count). The summed E-state index contributed by atoms with van der Waals surface area (Å²) >= 11 is 0. The van der Waals surface area contributed by atoms with Gasteiger partial charge < -0.3 is 9.15 Å². The number of esters is 1. The van der Waals surface area contributed by atoms with E-state index in [4.69, 9.17) is 14.4 Å². The number of hydrogen-bond donors (Lipinski definition) is 0. The van der Waals surface area contributed by atoms with Crippen LogP contribution in [0.25, 0.3) is 22.2 Å². The van der Waals surface area contributed by atoms with Gasteiger partial charge in [-0.1, -0.05) is 44.4 Å². The molecule has 0 unspecified atom stereocenters. The van der Waals surface area contributed by atoms with Crippen molar-refractivity contribution in [3.8, 4) is 17.2 Å². The molecule has 0 radical (unpaired) electrons. The Morgan fingerprint density at radius 2 is 1.88 bits per heavy atom. The van der Waals surface area contributed by atoms with Crippen molar-refractivity contribution in [2.45, 2.75) is 32.6 Å². The van der Waals surface area contributed by atoms with Crippen molar-refractivity contribution in [2.24, 2.45) is 0 Å². The van der Waals surface area contributed by atoms with E-state index in [1.54, 1.807) is 18.2 Å². The lowest BCUT2D eigenvalue weighted by molar-refractivity contribution is 0.0455. The molecule has 1 aromatic heterocycles. The summed E-state index contributed by atoms with van der Waals surface area (Å²) in [6.07, 6.45) is 4.17. The number of rotatable bonds is 7. The third-order valence-electron chi connectivity index (χ3n) is 4.14. The molecule has 0 N–H and O–H groups in total. The molecule has 5 nitrogen and oxygen atoms in total. The van der Waals surface area contributed by atoms with Gasteiger partial charge in [-0.3, -0.25) is 0 Å². The summed E-state index contributed by atoms with van der Waals surface area (Å²) in [4.78, 5) is 16.3. The Hall–Kier alpha value is -3.13. The number of hydrogen-bond acceptors (Lipinski definition) is 5. The second-order valence-corrected chi connectivity index (χ2v) is 6.09. The van der Waals surface area contributed by atoms with Gasteiger partial charge in [0.15, 0.2) is 5.58 Å². The zero-order valence-corrected chi connectivity index (χ0v) is 14.7. The molecule has 2 aromatic carbocycles. The van der Waals surface area contributed by atoms with Crippen LogP contribution in [0.4, 0.5) is 0 Å². The maximum absolute atomic E-state index is 12.1. The van der Waals surface area contributed by atoms with Crippen molar-refractivity contribution < 1.29 is 13.9 Å². The lowest BCUT2D eigenvalue weighted by atomic mass is 10.0. The Morgan fingerprint density at radius 3 is 2.62 bits per heavy atom. The predicted octanol–water partition coefficient (Wildman–Crippen LogP) is 5.10. The number of aromatic nitrogens is 1. The van der Waals surface area contributed by atoms with Gasteiger partial charge >= 0.3 is 11.9 Å². The third-order valence-corrected chi connectivity index (χ3v) is 4.14. The minimum absolute atomic E-state index is 0.0209. The van der Waals surface area contributed by atoms with E-state index in [2.05, 4.69) is 18.0 Å². The van der Waals surface area contributed by atoms with E-state index in [0.29, 0.717) is 23.3 Å². The molecule has 3 aromatic rings. The fraction of sp³-hybridized carbons (Fsp3) is 0.286. The van der Waals surface area contributed by atoms with Crippen LogP contribution >= 0.6 is 0 Å². The minimum Gasteiger partial charge on any atom is -0.459 e. The van der Waals surface area contributed by atoms with Crippen LogP contribution in [-0.2, 0) is 4.74 Å². The number of ether oxygens (including phenoxy) is 1. The van der Waals surface area contributed by atoms with Gasteiger partial charge in [0.25, 0.3) is 0 Å². The first kappa shape index (κ1) is 17.7. The van der Waals surface area contributed by atoms with E-state index in [1.165, 1.54) is 0 Å². The van der Waals surface area contributed by atoms with Crippen LogP contribution < -0.4 is 0 Å². The molecule has 132 valence electrons. The molecule has 26 heavy (non-hydrogen) atoms. The Balaban J connectivity index is 1.72. The molecule has 0 aliphatic heterocycles. The second kappa shape index (κ2) is 8.30. The Morgan fingerprint density at radius 1 is 1.12 bits per heavy atom. The van der Waals surface area contributed by atoms with Gasteiger partial charge in [-0.25, -0.2) is 9.78 Å². The fourth-order valence-electron chi connectivity index (χ4n) is 2.69. The maximum Gasteiger partial charge on any atom is 0.394 e.